The summed E-state index contributed by atoms with van der Waals surface area (Å²) in [5, 5.41) is 24.3. The molecule has 0 spiro atoms. The third-order valence-corrected chi connectivity index (χ3v) is 5.08. The van der Waals surface area contributed by atoms with Crippen molar-refractivity contribution < 1.29 is 10.2 Å². The van der Waals surface area contributed by atoms with Crippen molar-refractivity contribution in [2.75, 3.05) is 13.2 Å². The van der Waals surface area contributed by atoms with Crippen molar-refractivity contribution in [3.05, 3.63) is 108 Å². The molecular formula is C25H30N2O2. The van der Waals surface area contributed by atoms with E-state index >= 15 is 0 Å². The number of aliphatic hydroxyl groups excluding tert-OH is 2. The van der Waals surface area contributed by atoms with E-state index in [2.05, 4.69) is 46.6 Å². The number of hydrogen-bond donors (Lipinski definition) is 3. The van der Waals surface area contributed by atoms with Gasteiger partial charge in [-0.2, -0.15) is 0 Å². The molecule has 2 atom stereocenters. The predicted octanol–water partition coefficient (Wildman–Crippen LogP) is 3.20. The molecule has 0 fully saturated rings. The van der Waals surface area contributed by atoms with Gasteiger partial charge in [0.15, 0.2) is 0 Å². The van der Waals surface area contributed by atoms with Crippen LogP contribution in [0, 0.1) is 0 Å². The van der Waals surface area contributed by atoms with Gasteiger partial charge in [-0.15, -0.1) is 0 Å². The summed E-state index contributed by atoms with van der Waals surface area (Å²) in [4.78, 5) is 2.15. The molecule has 0 aromatic heterocycles. The fourth-order valence-corrected chi connectivity index (χ4v) is 3.50. The van der Waals surface area contributed by atoms with Gasteiger partial charge < -0.3 is 15.5 Å². The van der Waals surface area contributed by atoms with E-state index in [0.29, 0.717) is 26.2 Å². The quantitative estimate of drug-likeness (QED) is 0.471. The Balaban J connectivity index is 1.66. The van der Waals surface area contributed by atoms with Gasteiger partial charge in [0.1, 0.15) is 0 Å². The maximum absolute atomic E-state index is 10.8. The van der Waals surface area contributed by atoms with Crippen LogP contribution >= 0.6 is 0 Å². The van der Waals surface area contributed by atoms with Crippen LogP contribution in [-0.4, -0.2) is 40.4 Å². The van der Waals surface area contributed by atoms with E-state index in [1.807, 2.05) is 54.6 Å². The summed E-state index contributed by atoms with van der Waals surface area (Å²) in [5.74, 6) is 0. The van der Waals surface area contributed by atoms with Gasteiger partial charge in [0, 0.05) is 26.2 Å². The Hall–Kier alpha value is -2.50. The monoisotopic (exact) mass is 390 g/mol. The topological polar surface area (TPSA) is 55.7 Å². The van der Waals surface area contributed by atoms with E-state index in [-0.39, 0.29) is 12.6 Å². The highest BCUT2D eigenvalue weighted by Gasteiger charge is 2.25. The summed E-state index contributed by atoms with van der Waals surface area (Å²) in [6, 6.07) is 30.1. The van der Waals surface area contributed by atoms with Crippen molar-refractivity contribution in [1.29, 1.82) is 0 Å². The fraction of sp³-hybridized carbons (Fsp3) is 0.280. The summed E-state index contributed by atoms with van der Waals surface area (Å²) in [6.07, 6.45) is -0.684. The van der Waals surface area contributed by atoms with Crippen LogP contribution in [0.15, 0.2) is 91.0 Å². The second-order valence-corrected chi connectivity index (χ2v) is 7.31. The molecule has 152 valence electrons. The molecule has 3 aromatic carbocycles. The molecule has 0 amide bonds. The lowest BCUT2D eigenvalue weighted by atomic mass is 10.1. The SMILES string of the molecule is OC[C@@H]([C@H](O)CNCc1ccccc1)N(Cc1ccccc1)Cc1ccccc1. The average Bonchev–Trinajstić information content (AvgIpc) is 2.76. The third kappa shape index (κ3) is 6.80. The van der Waals surface area contributed by atoms with Gasteiger partial charge in [0.25, 0.3) is 0 Å². The van der Waals surface area contributed by atoms with Crippen LogP contribution in [0.4, 0.5) is 0 Å². The molecule has 3 aromatic rings. The molecule has 0 saturated carbocycles. The molecule has 3 N–H and O–H groups in total. The van der Waals surface area contributed by atoms with Crippen molar-refractivity contribution in [1.82, 2.24) is 10.2 Å². The molecule has 0 unspecified atom stereocenters. The molecule has 0 aliphatic heterocycles. The Morgan fingerprint density at radius 2 is 1.14 bits per heavy atom. The summed E-state index contributed by atoms with van der Waals surface area (Å²) in [5.41, 5.74) is 3.49. The van der Waals surface area contributed by atoms with E-state index in [1.165, 1.54) is 5.56 Å². The first-order valence-corrected chi connectivity index (χ1v) is 10.1. The molecule has 0 radical (unpaired) electrons. The van der Waals surface area contributed by atoms with E-state index in [4.69, 9.17) is 0 Å². The maximum Gasteiger partial charge on any atom is 0.0842 e. The lowest BCUT2D eigenvalue weighted by Crippen LogP contribution is -2.49. The zero-order chi connectivity index (χ0) is 20.3. The predicted molar refractivity (Wildman–Crippen MR) is 117 cm³/mol. The number of benzene rings is 3. The first-order valence-electron chi connectivity index (χ1n) is 10.1. The lowest BCUT2D eigenvalue weighted by molar-refractivity contribution is 0.00763. The van der Waals surface area contributed by atoms with Gasteiger partial charge in [-0.05, 0) is 16.7 Å². The number of rotatable bonds is 11. The second kappa shape index (κ2) is 11.5. The molecular weight excluding hydrogens is 360 g/mol. The first kappa shape index (κ1) is 21.2. The highest BCUT2D eigenvalue weighted by molar-refractivity contribution is 5.18. The van der Waals surface area contributed by atoms with Crippen LogP contribution < -0.4 is 5.32 Å². The molecule has 0 heterocycles. The van der Waals surface area contributed by atoms with Crippen molar-refractivity contribution in [2.24, 2.45) is 0 Å². The molecule has 0 saturated heterocycles. The molecule has 0 aliphatic rings. The van der Waals surface area contributed by atoms with Gasteiger partial charge in [0.2, 0.25) is 0 Å². The molecule has 4 heteroatoms. The minimum atomic E-state index is -0.684. The number of hydrogen-bond acceptors (Lipinski definition) is 4. The normalized spacial score (nSPS) is 13.3. The zero-order valence-electron chi connectivity index (χ0n) is 16.7. The Kier molecular flexibility index (Phi) is 8.40. The van der Waals surface area contributed by atoms with Crippen LogP contribution in [-0.2, 0) is 19.6 Å². The van der Waals surface area contributed by atoms with Crippen LogP contribution in [0.2, 0.25) is 0 Å². The molecule has 3 rings (SSSR count). The standard InChI is InChI=1S/C25H30N2O2/c28-20-24(25(29)17-26-16-21-10-4-1-5-11-21)27(18-22-12-6-2-7-13-22)19-23-14-8-3-9-15-23/h1-15,24-26,28-29H,16-20H2/t24-,25+/m0/s1. The Morgan fingerprint density at radius 1 is 0.690 bits per heavy atom. The van der Waals surface area contributed by atoms with Crippen LogP contribution in [0.5, 0.6) is 0 Å². The summed E-state index contributed by atoms with van der Waals surface area (Å²) < 4.78 is 0. The fourth-order valence-electron chi connectivity index (χ4n) is 3.50. The first-order chi connectivity index (χ1) is 14.3. The van der Waals surface area contributed by atoms with E-state index in [9.17, 15) is 10.2 Å². The number of nitrogens with zero attached hydrogens (tertiary/aromatic N) is 1. The number of nitrogens with one attached hydrogen (secondary N) is 1. The zero-order valence-corrected chi connectivity index (χ0v) is 16.7. The average molecular weight is 391 g/mol. The highest BCUT2D eigenvalue weighted by Crippen LogP contribution is 2.16. The van der Waals surface area contributed by atoms with Crippen molar-refractivity contribution in [2.45, 2.75) is 31.8 Å². The van der Waals surface area contributed by atoms with Gasteiger partial charge in [0.05, 0.1) is 18.8 Å². The molecule has 0 bridgehead atoms. The lowest BCUT2D eigenvalue weighted by Gasteiger charge is -2.34. The van der Waals surface area contributed by atoms with Crippen LogP contribution in [0.25, 0.3) is 0 Å². The van der Waals surface area contributed by atoms with Gasteiger partial charge in [-0.3, -0.25) is 4.90 Å². The van der Waals surface area contributed by atoms with E-state index in [1.54, 1.807) is 0 Å². The smallest absolute Gasteiger partial charge is 0.0842 e. The molecule has 4 nitrogen and oxygen atoms in total. The summed E-state index contributed by atoms with van der Waals surface area (Å²) in [7, 11) is 0. The van der Waals surface area contributed by atoms with Gasteiger partial charge >= 0.3 is 0 Å². The van der Waals surface area contributed by atoms with Crippen molar-refractivity contribution in [3.63, 3.8) is 0 Å². The van der Waals surface area contributed by atoms with Crippen LogP contribution in [0.1, 0.15) is 16.7 Å². The van der Waals surface area contributed by atoms with Crippen LogP contribution in [0.3, 0.4) is 0 Å². The largest absolute Gasteiger partial charge is 0.395 e. The van der Waals surface area contributed by atoms with Gasteiger partial charge in [-0.25, -0.2) is 0 Å². The summed E-state index contributed by atoms with van der Waals surface area (Å²) in [6.45, 7) is 2.33. The van der Waals surface area contributed by atoms with E-state index < -0.39 is 6.10 Å². The maximum atomic E-state index is 10.8. The molecule has 0 aliphatic carbocycles. The molecule has 29 heavy (non-hydrogen) atoms. The minimum Gasteiger partial charge on any atom is -0.395 e. The minimum absolute atomic E-state index is 0.103. The second-order valence-electron chi connectivity index (χ2n) is 7.31. The third-order valence-electron chi connectivity index (χ3n) is 5.08. The van der Waals surface area contributed by atoms with Crippen molar-refractivity contribution >= 4 is 0 Å². The number of aliphatic hydroxyl groups is 2. The van der Waals surface area contributed by atoms with Gasteiger partial charge in [-0.1, -0.05) is 91.0 Å². The Labute approximate surface area is 173 Å². The summed E-state index contributed by atoms with van der Waals surface area (Å²) >= 11 is 0. The Morgan fingerprint density at radius 3 is 1.59 bits per heavy atom. The Bertz CT molecular complexity index is 771. The highest BCUT2D eigenvalue weighted by atomic mass is 16.3. The van der Waals surface area contributed by atoms with E-state index in [0.717, 1.165) is 11.1 Å². The van der Waals surface area contributed by atoms with Crippen molar-refractivity contribution in [3.8, 4) is 0 Å².